The van der Waals surface area contributed by atoms with Crippen molar-refractivity contribution >= 4 is 17.6 Å². The van der Waals surface area contributed by atoms with Crippen LogP contribution in [0.2, 0.25) is 0 Å². The minimum absolute atomic E-state index is 0.227. The highest BCUT2D eigenvalue weighted by molar-refractivity contribution is 5.89. The van der Waals surface area contributed by atoms with Crippen molar-refractivity contribution < 1.29 is 9.90 Å². The fourth-order valence-corrected chi connectivity index (χ4v) is 2.94. The van der Waals surface area contributed by atoms with E-state index in [4.69, 9.17) is 5.11 Å². The van der Waals surface area contributed by atoms with Gasteiger partial charge >= 0.3 is 5.97 Å². The Morgan fingerprint density at radius 3 is 2.68 bits per heavy atom. The van der Waals surface area contributed by atoms with Gasteiger partial charge in [-0.1, -0.05) is 6.07 Å². The Morgan fingerprint density at radius 1 is 1.24 bits per heavy atom. The zero-order chi connectivity index (χ0) is 17.8. The second kappa shape index (κ2) is 7.48. The molecule has 1 saturated heterocycles. The lowest BCUT2D eigenvalue weighted by molar-refractivity contribution is 0.0695. The number of carbonyl (C=O) groups is 1. The maximum atomic E-state index is 11.1. The van der Waals surface area contributed by atoms with Gasteiger partial charge in [-0.15, -0.1) is 0 Å². The van der Waals surface area contributed by atoms with Crippen LogP contribution in [0, 0.1) is 6.92 Å². The summed E-state index contributed by atoms with van der Waals surface area (Å²) in [5.41, 5.74) is 1.84. The second-order valence-corrected chi connectivity index (χ2v) is 6.26. The standard InChI is InChI=1S/C18H23N5O2/c1-13-15(18(24)25)5-6-16(21-13)20-12-14-4-3-7-19-17(14)23-10-8-22(2)9-11-23/h3-7H,8-12H2,1-2H3,(H,20,21)(H,24,25). The van der Waals surface area contributed by atoms with Gasteiger partial charge in [0, 0.05) is 44.5 Å². The molecule has 7 heteroatoms. The average molecular weight is 341 g/mol. The summed E-state index contributed by atoms with van der Waals surface area (Å²) in [6.45, 7) is 6.28. The minimum atomic E-state index is -0.957. The molecule has 1 aliphatic heterocycles. The number of nitrogens with one attached hydrogen (secondary N) is 1. The van der Waals surface area contributed by atoms with Gasteiger partial charge in [-0.3, -0.25) is 0 Å². The van der Waals surface area contributed by atoms with Crippen LogP contribution in [0.15, 0.2) is 30.5 Å². The Kier molecular flexibility index (Phi) is 5.14. The zero-order valence-corrected chi connectivity index (χ0v) is 14.6. The second-order valence-electron chi connectivity index (χ2n) is 6.26. The Labute approximate surface area is 147 Å². The topological polar surface area (TPSA) is 81.6 Å². The molecule has 2 aromatic rings. The summed E-state index contributed by atoms with van der Waals surface area (Å²) < 4.78 is 0. The third-order valence-electron chi connectivity index (χ3n) is 4.45. The summed E-state index contributed by atoms with van der Waals surface area (Å²) in [5, 5.41) is 12.4. The maximum Gasteiger partial charge on any atom is 0.337 e. The third kappa shape index (κ3) is 4.06. The van der Waals surface area contributed by atoms with E-state index in [0.717, 1.165) is 37.6 Å². The van der Waals surface area contributed by atoms with Gasteiger partial charge in [-0.25, -0.2) is 14.8 Å². The van der Waals surface area contributed by atoms with E-state index < -0.39 is 5.97 Å². The van der Waals surface area contributed by atoms with E-state index in [1.54, 1.807) is 19.1 Å². The number of anilines is 2. The molecular formula is C18H23N5O2. The molecule has 0 saturated carbocycles. The monoisotopic (exact) mass is 341 g/mol. The number of hydrogen-bond donors (Lipinski definition) is 2. The lowest BCUT2D eigenvalue weighted by Gasteiger charge is -2.34. The Morgan fingerprint density at radius 2 is 2.00 bits per heavy atom. The van der Waals surface area contributed by atoms with Gasteiger partial charge in [0.25, 0.3) is 0 Å². The molecule has 0 radical (unpaired) electrons. The van der Waals surface area contributed by atoms with Gasteiger partial charge in [-0.05, 0) is 32.2 Å². The molecule has 132 valence electrons. The number of rotatable bonds is 5. The molecule has 2 N–H and O–H groups in total. The van der Waals surface area contributed by atoms with Crippen molar-refractivity contribution in [2.45, 2.75) is 13.5 Å². The van der Waals surface area contributed by atoms with E-state index in [-0.39, 0.29) is 5.56 Å². The lowest BCUT2D eigenvalue weighted by atomic mass is 10.2. The van der Waals surface area contributed by atoms with Crippen molar-refractivity contribution in [3.8, 4) is 0 Å². The molecule has 0 bridgehead atoms. The van der Waals surface area contributed by atoms with Gasteiger partial charge in [0.15, 0.2) is 0 Å². The summed E-state index contributed by atoms with van der Waals surface area (Å²) in [6.07, 6.45) is 1.82. The first-order valence-corrected chi connectivity index (χ1v) is 8.37. The highest BCUT2D eigenvalue weighted by Gasteiger charge is 2.18. The van der Waals surface area contributed by atoms with E-state index in [2.05, 4.69) is 38.2 Å². The Balaban J connectivity index is 1.71. The third-order valence-corrected chi connectivity index (χ3v) is 4.45. The van der Waals surface area contributed by atoms with Gasteiger partial charge in [0.05, 0.1) is 11.3 Å². The molecule has 3 heterocycles. The van der Waals surface area contributed by atoms with E-state index in [0.29, 0.717) is 18.1 Å². The van der Waals surface area contributed by atoms with Gasteiger partial charge in [0.2, 0.25) is 0 Å². The zero-order valence-electron chi connectivity index (χ0n) is 14.6. The molecule has 25 heavy (non-hydrogen) atoms. The van der Waals surface area contributed by atoms with E-state index in [9.17, 15) is 4.79 Å². The normalized spacial score (nSPS) is 15.2. The largest absolute Gasteiger partial charge is 0.478 e. The van der Waals surface area contributed by atoms with E-state index >= 15 is 0 Å². The maximum absolute atomic E-state index is 11.1. The number of likely N-dealkylation sites (N-methyl/N-ethyl adjacent to an activating group) is 1. The predicted octanol–water partition coefficient (Wildman–Crippen LogP) is 1.85. The van der Waals surface area contributed by atoms with Crippen LogP contribution in [-0.4, -0.2) is 59.2 Å². The predicted molar refractivity (Wildman–Crippen MR) is 97.2 cm³/mol. The van der Waals surface area contributed by atoms with Crippen molar-refractivity contribution in [1.29, 1.82) is 0 Å². The number of carboxylic acids is 1. The van der Waals surface area contributed by atoms with Crippen molar-refractivity contribution in [3.05, 3.63) is 47.3 Å². The van der Waals surface area contributed by atoms with Crippen LogP contribution in [0.5, 0.6) is 0 Å². The molecule has 0 aromatic carbocycles. The summed E-state index contributed by atoms with van der Waals surface area (Å²) >= 11 is 0. The first-order valence-electron chi connectivity index (χ1n) is 8.37. The molecule has 1 aliphatic rings. The van der Waals surface area contributed by atoms with E-state index in [1.165, 1.54) is 0 Å². The van der Waals surface area contributed by atoms with Gasteiger partial charge < -0.3 is 20.2 Å². The van der Waals surface area contributed by atoms with Crippen molar-refractivity contribution in [2.75, 3.05) is 43.4 Å². The van der Waals surface area contributed by atoms with Crippen LogP contribution in [0.4, 0.5) is 11.6 Å². The Hall–Kier alpha value is -2.67. The number of nitrogens with zero attached hydrogens (tertiary/aromatic N) is 4. The quantitative estimate of drug-likeness (QED) is 0.859. The highest BCUT2D eigenvalue weighted by Crippen LogP contribution is 2.20. The van der Waals surface area contributed by atoms with Crippen LogP contribution >= 0.6 is 0 Å². The van der Waals surface area contributed by atoms with Crippen LogP contribution in [0.1, 0.15) is 21.6 Å². The molecule has 0 amide bonds. The molecule has 3 rings (SSSR count). The molecule has 0 aliphatic carbocycles. The highest BCUT2D eigenvalue weighted by atomic mass is 16.4. The van der Waals surface area contributed by atoms with Crippen LogP contribution < -0.4 is 10.2 Å². The fourth-order valence-electron chi connectivity index (χ4n) is 2.94. The number of hydrogen-bond acceptors (Lipinski definition) is 6. The fraction of sp³-hybridized carbons (Fsp3) is 0.389. The first kappa shape index (κ1) is 17.2. The van der Waals surface area contributed by atoms with Crippen LogP contribution in [-0.2, 0) is 6.54 Å². The van der Waals surface area contributed by atoms with Gasteiger partial charge in [0.1, 0.15) is 11.6 Å². The van der Waals surface area contributed by atoms with Crippen molar-refractivity contribution in [2.24, 2.45) is 0 Å². The molecule has 1 fully saturated rings. The number of aryl methyl sites for hydroxylation is 1. The number of carboxylic acid groups (broad SMARTS) is 1. The summed E-state index contributed by atoms with van der Waals surface area (Å²) in [6, 6.07) is 7.27. The number of pyridine rings is 2. The molecule has 7 nitrogen and oxygen atoms in total. The van der Waals surface area contributed by atoms with E-state index in [1.807, 2.05) is 12.3 Å². The number of piperazine rings is 1. The van der Waals surface area contributed by atoms with Crippen LogP contribution in [0.3, 0.4) is 0 Å². The summed E-state index contributed by atoms with van der Waals surface area (Å²) in [7, 11) is 2.13. The van der Waals surface area contributed by atoms with Gasteiger partial charge in [-0.2, -0.15) is 0 Å². The summed E-state index contributed by atoms with van der Waals surface area (Å²) in [4.78, 5) is 24.6. The SMILES string of the molecule is Cc1nc(NCc2cccnc2N2CCN(C)CC2)ccc1C(=O)O. The van der Waals surface area contributed by atoms with Crippen molar-refractivity contribution in [1.82, 2.24) is 14.9 Å². The first-order chi connectivity index (χ1) is 12.0. The number of aromatic carboxylic acids is 1. The van der Waals surface area contributed by atoms with Crippen LogP contribution in [0.25, 0.3) is 0 Å². The minimum Gasteiger partial charge on any atom is -0.478 e. The lowest BCUT2D eigenvalue weighted by Crippen LogP contribution is -2.45. The smallest absolute Gasteiger partial charge is 0.337 e. The molecule has 2 aromatic heterocycles. The molecule has 0 unspecified atom stereocenters. The number of aromatic nitrogens is 2. The average Bonchev–Trinajstić information content (AvgIpc) is 2.61. The molecule has 0 atom stereocenters. The molecular weight excluding hydrogens is 318 g/mol. The Bertz CT molecular complexity index is 757. The summed E-state index contributed by atoms with van der Waals surface area (Å²) in [5.74, 6) is 0.707. The van der Waals surface area contributed by atoms with Crippen molar-refractivity contribution in [3.63, 3.8) is 0 Å². The molecule has 0 spiro atoms.